The van der Waals surface area contributed by atoms with Crippen molar-refractivity contribution in [3.63, 3.8) is 0 Å². The number of nitrogens with zero attached hydrogens (tertiary/aromatic N) is 4. The summed E-state index contributed by atoms with van der Waals surface area (Å²) in [4.78, 5) is 16.6. The van der Waals surface area contributed by atoms with Crippen LogP contribution in [-0.4, -0.2) is 31.4 Å². The van der Waals surface area contributed by atoms with Crippen LogP contribution in [0.4, 0.5) is 5.69 Å². The molecule has 2 aromatic carbocycles. The smallest absolute Gasteiger partial charge is 0.234 e. The number of aromatic nitrogens is 4. The zero-order valence-corrected chi connectivity index (χ0v) is 16.5. The van der Waals surface area contributed by atoms with Crippen LogP contribution in [0.1, 0.15) is 18.9 Å². The van der Waals surface area contributed by atoms with Gasteiger partial charge in [-0.2, -0.15) is 0 Å². The molecule has 7 heteroatoms. The third-order valence-corrected chi connectivity index (χ3v) is 5.82. The Morgan fingerprint density at radius 2 is 1.83 bits per heavy atom. The summed E-state index contributed by atoms with van der Waals surface area (Å²) in [5.41, 5.74) is 1.79. The van der Waals surface area contributed by atoms with Gasteiger partial charge in [0, 0.05) is 29.7 Å². The quantitative estimate of drug-likeness (QED) is 0.480. The number of carbonyl (C=O) groups is 1. The Morgan fingerprint density at radius 1 is 1.03 bits per heavy atom. The summed E-state index contributed by atoms with van der Waals surface area (Å²) < 4.78 is 2.16. The van der Waals surface area contributed by atoms with E-state index in [1.54, 1.807) is 12.4 Å². The van der Waals surface area contributed by atoms with Crippen LogP contribution in [0.5, 0.6) is 0 Å². The number of carbonyl (C=O) groups excluding carboxylic acids is 1. The molecule has 0 spiro atoms. The van der Waals surface area contributed by atoms with Crippen molar-refractivity contribution in [2.75, 3.05) is 11.1 Å². The number of thioether (sulfide) groups is 1. The predicted octanol–water partition coefficient (Wildman–Crippen LogP) is 4.56. The second-order valence-electron chi connectivity index (χ2n) is 7.04. The van der Waals surface area contributed by atoms with Crippen LogP contribution >= 0.6 is 11.8 Å². The fourth-order valence-corrected chi connectivity index (χ4v) is 4.13. The number of rotatable bonds is 6. The first-order chi connectivity index (χ1) is 14.3. The third-order valence-electron chi connectivity index (χ3n) is 4.88. The molecule has 2 heterocycles. The van der Waals surface area contributed by atoms with Gasteiger partial charge in [-0.05, 0) is 47.9 Å². The van der Waals surface area contributed by atoms with Gasteiger partial charge in [0.25, 0.3) is 0 Å². The SMILES string of the molecule is O=C(CSc1nnc(-c2ccncc2)n1C1CC1)Nc1ccc2ccccc2c1. The van der Waals surface area contributed by atoms with E-state index in [0.717, 1.165) is 45.8 Å². The van der Waals surface area contributed by atoms with E-state index < -0.39 is 0 Å². The van der Waals surface area contributed by atoms with Crippen LogP contribution in [0.25, 0.3) is 22.2 Å². The average Bonchev–Trinajstić information content (AvgIpc) is 3.51. The van der Waals surface area contributed by atoms with E-state index in [-0.39, 0.29) is 11.7 Å². The van der Waals surface area contributed by atoms with Gasteiger partial charge in [-0.1, -0.05) is 42.1 Å². The van der Waals surface area contributed by atoms with E-state index in [0.29, 0.717) is 6.04 Å². The van der Waals surface area contributed by atoms with Gasteiger partial charge >= 0.3 is 0 Å². The van der Waals surface area contributed by atoms with Gasteiger partial charge in [0.15, 0.2) is 11.0 Å². The normalized spacial score (nSPS) is 13.5. The van der Waals surface area contributed by atoms with Crippen LogP contribution < -0.4 is 5.32 Å². The second kappa shape index (κ2) is 7.67. The molecule has 0 atom stereocenters. The Bertz CT molecular complexity index is 1170. The van der Waals surface area contributed by atoms with E-state index in [9.17, 15) is 4.79 Å². The van der Waals surface area contributed by atoms with Crippen LogP contribution in [-0.2, 0) is 4.79 Å². The molecule has 144 valence electrons. The molecule has 0 unspecified atom stereocenters. The zero-order chi connectivity index (χ0) is 19.6. The highest BCUT2D eigenvalue weighted by atomic mass is 32.2. The number of anilines is 1. The summed E-state index contributed by atoms with van der Waals surface area (Å²) in [5, 5.41) is 14.8. The van der Waals surface area contributed by atoms with Crippen LogP contribution in [0.2, 0.25) is 0 Å². The molecule has 1 N–H and O–H groups in total. The maximum atomic E-state index is 12.5. The number of hydrogen-bond donors (Lipinski definition) is 1. The molecule has 1 fully saturated rings. The minimum absolute atomic E-state index is 0.0545. The molecule has 2 aromatic heterocycles. The lowest BCUT2D eigenvalue weighted by molar-refractivity contribution is -0.113. The summed E-state index contributed by atoms with van der Waals surface area (Å²) in [5.74, 6) is 1.07. The Hall–Kier alpha value is -3.19. The fourth-order valence-electron chi connectivity index (χ4n) is 3.33. The molecular weight excluding hydrogens is 382 g/mol. The van der Waals surface area contributed by atoms with Crippen molar-refractivity contribution in [3.8, 4) is 11.4 Å². The first-order valence-electron chi connectivity index (χ1n) is 9.55. The van der Waals surface area contributed by atoms with E-state index in [1.165, 1.54) is 11.8 Å². The Balaban J connectivity index is 1.29. The molecule has 1 aliphatic rings. The molecule has 1 saturated carbocycles. The molecule has 0 bridgehead atoms. The molecule has 0 radical (unpaired) electrons. The first-order valence-corrected chi connectivity index (χ1v) is 10.5. The molecule has 0 aliphatic heterocycles. The summed E-state index contributed by atoms with van der Waals surface area (Å²) in [7, 11) is 0. The maximum absolute atomic E-state index is 12.5. The maximum Gasteiger partial charge on any atom is 0.234 e. The Morgan fingerprint density at radius 3 is 2.62 bits per heavy atom. The Labute approximate surface area is 172 Å². The van der Waals surface area contributed by atoms with Gasteiger partial charge in [-0.25, -0.2) is 0 Å². The highest BCUT2D eigenvalue weighted by molar-refractivity contribution is 7.99. The minimum Gasteiger partial charge on any atom is -0.325 e. The summed E-state index contributed by atoms with van der Waals surface area (Å²) in [6.45, 7) is 0. The molecule has 6 nitrogen and oxygen atoms in total. The number of pyridine rings is 1. The number of fused-ring (bicyclic) bond motifs is 1. The molecule has 5 rings (SSSR count). The number of nitrogens with one attached hydrogen (secondary N) is 1. The minimum atomic E-state index is -0.0545. The van der Waals surface area contributed by atoms with Crippen LogP contribution in [0.15, 0.2) is 72.1 Å². The van der Waals surface area contributed by atoms with E-state index >= 15 is 0 Å². The molecular formula is C22H19N5OS. The summed E-state index contributed by atoms with van der Waals surface area (Å²) in [6.07, 6.45) is 5.75. The zero-order valence-electron chi connectivity index (χ0n) is 15.7. The highest BCUT2D eigenvalue weighted by Gasteiger charge is 2.30. The topological polar surface area (TPSA) is 72.7 Å². The molecule has 1 amide bonds. The standard InChI is InChI=1S/C22H19N5OS/c28-20(24-18-6-5-15-3-1-2-4-17(15)13-18)14-29-22-26-25-21(27(22)19-7-8-19)16-9-11-23-12-10-16/h1-6,9-13,19H,7-8,14H2,(H,24,28). The van der Waals surface area contributed by atoms with Crippen molar-refractivity contribution in [2.45, 2.75) is 24.0 Å². The van der Waals surface area contributed by atoms with E-state index in [1.807, 2.05) is 48.5 Å². The lowest BCUT2D eigenvalue weighted by atomic mass is 10.1. The molecule has 4 aromatic rings. The molecule has 29 heavy (non-hydrogen) atoms. The molecule has 0 saturated heterocycles. The second-order valence-corrected chi connectivity index (χ2v) is 7.98. The average molecular weight is 401 g/mol. The van der Waals surface area contributed by atoms with Gasteiger partial charge in [0.1, 0.15) is 0 Å². The van der Waals surface area contributed by atoms with Gasteiger partial charge < -0.3 is 5.32 Å². The van der Waals surface area contributed by atoms with Crippen molar-refractivity contribution >= 4 is 34.1 Å². The number of benzene rings is 2. The van der Waals surface area contributed by atoms with Gasteiger partial charge in [0.2, 0.25) is 5.91 Å². The largest absolute Gasteiger partial charge is 0.325 e. The number of hydrogen-bond acceptors (Lipinski definition) is 5. The summed E-state index contributed by atoms with van der Waals surface area (Å²) in [6, 6.07) is 18.3. The van der Waals surface area contributed by atoms with Crippen molar-refractivity contribution in [3.05, 3.63) is 67.0 Å². The van der Waals surface area contributed by atoms with Crippen molar-refractivity contribution in [1.82, 2.24) is 19.7 Å². The van der Waals surface area contributed by atoms with Crippen molar-refractivity contribution < 1.29 is 4.79 Å². The predicted molar refractivity (Wildman–Crippen MR) is 115 cm³/mol. The van der Waals surface area contributed by atoms with Crippen LogP contribution in [0, 0.1) is 0 Å². The van der Waals surface area contributed by atoms with Gasteiger partial charge in [-0.3, -0.25) is 14.3 Å². The van der Waals surface area contributed by atoms with E-state index in [4.69, 9.17) is 0 Å². The van der Waals surface area contributed by atoms with Crippen molar-refractivity contribution in [1.29, 1.82) is 0 Å². The first kappa shape index (κ1) is 17.9. The lowest BCUT2D eigenvalue weighted by Crippen LogP contribution is -2.14. The number of amides is 1. The van der Waals surface area contributed by atoms with Gasteiger partial charge in [0.05, 0.1) is 5.75 Å². The summed E-state index contributed by atoms with van der Waals surface area (Å²) >= 11 is 1.42. The monoisotopic (exact) mass is 401 g/mol. The third kappa shape index (κ3) is 3.86. The highest BCUT2D eigenvalue weighted by Crippen LogP contribution is 2.41. The van der Waals surface area contributed by atoms with E-state index in [2.05, 4.69) is 31.1 Å². The molecule has 1 aliphatic carbocycles. The van der Waals surface area contributed by atoms with Gasteiger partial charge in [-0.15, -0.1) is 10.2 Å². The Kier molecular flexibility index (Phi) is 4.73. The fraction of sp³-hybridized carbons (Fsp3) is 0.182. The van der Waals surface area contributed by atoms with Crippen molar-refractivity contribution in [2.24, 2.45) is 0 Å². The lowest BCUT2D eigenvalue weighted by Gasteiger charge is -2.09. The van der Waals surface area contributed by atoms with Crippen LogP contribution in [0.3, 0.4) is 0 Å².